The van der Waals surface area contributed by atoms with Gasteiger partial charge in [-0.05, 0) is 42.2 Å². The third-order valence-corrected chi connectivity index (χ3v) is 2.92. The highest BCUT2D eigenvalue weighted by molar-refractivity contribution is 5.87. The Morgan fingerprint density at radius 1 is 1.47 bits per heavy atom. The standard InChI is InChI=1S/C14H14O5/c1-18-13(15)7-3-9-2-5-11-10(8-9)4-6-12(19-11)14(16)17/h2-3,5,7-8,12H,4,6H2,1H3,(H,16,17)/b7-3+. The van der Waals surface area contributed by atoms with E-state index in [1.165, 1.54) is 13.2 Å². The van der Waals surface area contributed by atoms with Crippen LogP contribution in [-0.2, 0) is 20.7 Å². The Morgan fingerprint density at radius 3 is 2.95 bits per heavy atom. The van der Waals surface area contributed by atoms with Crippen molar-refractivity contribution in [3.63, 3.8) is 0 Å². The zero-order valence-corrected chi connectivity index (χ0v) is 10.5. The molecule has 5 heteroatoms. The van der Waals surface area contributed by atoms with E-state index in [1.807, 2.05) is 6.07 Å². The number of methoxy groups -OCH3 is 1. The summed E-state index contributed by atoms with van der Waals surface area (Å²) in [7, 11) is 1.32. The highest BCUT2D eigenvalue weighted by Gasteiger charge is 2.25. The molecule has 1 unspecified atom stereocenters. The number of carbonyl (C=O) groups excluding carboxylic acids is 1. The molecule has 1 N–H and O–H groups in total. The topological polar surface area (TPSA) is 72.8 Å². The summed E-state index contributed by atoms with van der Waals surface area (Å²) < 4.78 is 9.89. The molecule has 1 aromatic rings. The number of hydrogen-bond acceptors (Lipinski definition) is 4. The van der Waals surface area contributed by atoms with Crippen molar-refractivity contribution in [2.45, 2.75) is 18.9 Å². The highest BCUT2D eigenvalue weighted by Crippen LogP contribution is 2.28. The van der Waals surface area contributed by atoms with E-state index >= 15 is 0 Å². The number of aryl methyl sites for hydroxylation is 1. The Bertz CT molecular complexity index is 533. The van der Waals surface area contributed by atoms with Gasteiger partial charge in [0, 0.05) is 6.08 Å². The van der Waals surface area contributed by atoms with Crippen molar-refractivity contribution in [2.24, 2.45) is 0 Å². The van der Waals surface area contributed by atoms with Crippen LogP contribution in [0.2, 0.25) is 0 Å². The Morgan fingerprint density at radius 2 is 2.26 bits per heavy atom. The second-order valence-electron chi connectivity index (χ2n) is 4.21. The number of aliphatic carboxylic acids is 1. The molecule has 0 saturated carbocycles. The van der Waals surface area contributed by atoms with Gasteiger partial charge in [0.2, 0.25) is 0 Å². The number of rotatable bonds is 3. The van der Waals surface area contributed by atoms with E-state index < -0.39 is 18.0 Å². The van der Waals surface area contributed by atoms with Gasteiger partial charge in [0.05, 0.1) is 7.11 Å². The van der Waals surface area contributed by atoms with Gasteiger partial charge in [0.15, 0.2) is 6.10 Å². The van der Waals surface area contributed by atoms with Crippen LogP contribution >= 0.6 is 0 Å². The summed E-state index contributed by atoms with van der Waals surface area (Å²) in [6, 6.07) is 5.37. The summed E-state index contributed by atoms with van der Waals surface area (Å²) in [5, 5.41) is 8.90. The largest absolute Gasteiger partial charge is 0.479 e. The van der Waals surface area contributed by atoms with Gasteiger partial charge >= 0.3 is 11.9 Å². The number of benzene rings is 1. The van der Waals surface area contributed by atoms with E-state index in [9.17, 15) is 9.59 Å². The van der Waals surface area contributed by atoms with Crippen LogP contribution in [0.1, 0.15) is 17.5 Å². The number of carboxylic acids is 1. The molecule has 0 fully saturated rings. The van der Waals surface area contributed by atoms with Gasteiger partial charge in [-0.15, -0.1) is 0 Å². The fourth-order valence-corrected chi connectivity index (χ4v) is 1.92. The average Bonchev–Trinajstić information content (AvgIpc) is 2.43. The summed E-state index contributed by atoms with van der Waals surface area (Å²) >= 11 is 0. The lowest BCUT2D eigenvalue weighted by Gasteiger charge is -2.23. The van der Waals surface area contributed by atoms with Crippen LogP contribution in [0.3, 0.4) is 0 Å². The lowest BCUT2D eigenvalue weighted by Crippen LogP contribution is -2.30. The minimum Gasteiger partial charge on any atom is -0.479 e. The minimum absolute atomic E-state index is 0.417. The number of esters is 1. The van der Waals surface area contributed by atoms with Crippen molar-refractivity contribution in [1.29, 1.82) is 0 Å². The van der Waals surface area contributed by atoms with Crippen molar-refractivity contribution in [2.75, 3.05) is 7.11 Å². The number of carbonyl (C=O) groups is 2. The highest BCUT2D eigenvalue weighted by atomic mass is 16.5. The smallest absolute Gasteiger partial charge is 0.344 e. The maximum absolute atomic E-state index is 11.0. The number of carboxylic acid groups (broad SMARTS) is 1. The van der Waals surface area contributed by atoms with E-state index in [4.69, 9.17) is 9.84 Å². The second-order valence-corrected chi connectivity index (χ2v) is 4.21. The van der Waals surface area contributed by atoms with Gasteiger partial charge in [-0.1, -0.05) is 6.07 Å². The maximum Gasteiger partial charge on any atom is 0.344 e. The van der Waals surface area contributed by atoms with Crippen LogP contribution in [-0.4, -0.2) is 30.3 Å². The zero-order chi connectivity index (χ0) is 13.8. The molecular weight excluding hydrogens is 248 g/mol. The summed E-state index contributed by atoms with van der Waals surface area (Å²) in [5.74, 6) is -0.769. The SMILES string of the molecule is COC(=O)/C=C/c1ccc2c(c1)CCC(C(=O)O)O2. The van der Waals surface area contributed by atoms with E-state index in [-0.39, 0.29) is 0 Å². The lowest BCUT2D eigenvalue weighted by molar-refractivity contribution is -0.145. The quantitative estimate of drug-likeness (QED) is 0.662. The van der Waals surface area contributed by atoms with Crippen molar-refractivity contribution in [1.82, 2.24) is 0 Å². The molecule has 0 radical (unpaired) electrons. The molecule has 0 saturated heterocycles. The van der Waals surface area contributed by atoms with Gasteiger partial charge in [-0.25, -0.2) is 9.59 Å². The van der Waals surface area contributed by atoms with E-state index in [2.05, 4.69) is 4.74 Å². The monoisotopic (exact) mass is 262 g/mol. The van der Waals surface area contributed by atoms with Crippen LogP contribution in [0, 0.1) is 0 Å². The number of ether oxygens (including phenoxy) is 2. The fourth-order valence-electron chi connectivity index (χ4n) is 1.92. The Balaban J connectivity index is 2.15. The van der Waals surface area contributed by atoms with Crippen LogP contribution in [0.5, 0.6) is 5.75 Å². The summed E-state index contributed by atoms with van der Waals surface area (Å²) in [6.45, 7) is 0. The predicted molar refractivity (Wildman–Crippen MR) is 67.9 cm³/mol. The van der Waals surface area contributed by atoms with Crippen LogP contribution < -0.4 is 4.74 Å². The normalized spacial score (nSPS) is 17.6. The summed E-state index contributed by atoms with van der Waals surface area (Å²) in [6.07, 6.45) is 3.31. The van der Waals surface area contributed by atoms with Crippen molar-refractivity contribution < 1.29 is 24.2 Å². The number of hydrogen-bond donors (Lipinski definition) is 1. The molecule has 0 aliphatic carbocycles. The summed E-state index contributed by atoms with van der Waals surface area (Å²) in [5.41, 5.74) is 1.80. The van der Waals surface area contributed by atoms with Crippen molar-refractivity contribution >= 4 is 18.0 Å². The first kappa shape index (κ1) is 13.1. The molecule has 1 aromatic carbocycles. The van der Waals surface area contributed by atoms with E-state index in [0.29, 0.717) is 18.6 Å². The van der Waals surface area contributed by atoms with Crippen LogP contribution in [0.4, 0.5) is 0 Å². The van der Waals surface area contributed by atoms with Crippen LogP contribution in [0.15, 0.2) is 24.3 Å². The second kappa shape index (κ2) is 5.56. The molecule has 1 aliphatic heterocycles. The molecule has 0 bridgehead atoms. The third-order valence-electron chi connectivity index (χ3n) is 2.92. The molecular formula is C14H14O5. The van der Waals surface area contributed by atoms with E-state index in [0.717, 1.165) is 11.1 Å². The Kier molecular flexibility index (Phi) is 3.85. The molecule has 1 aliphatic rings. The predicted octanol–water partition coefficient (Wildman–Crippen LogP) is 1.65. The number of fused-ring (bicyclic) bond motifs is 1. The van der Waals surface area contributed by atoms with Gasteiger partial charge in [-0.2, -0.15) is 0 Å². The van der Waals surface area contributed by atoms with E-state index in [1.54, 1.807) is 18.2 Å². The molecule has 2 rings (SSSR count). The van der Waals surface area contributed by atoms with Crippen LogP contribution in [0.25, 0.3) is 6.08 Å². The first-order valence-electron chi connectivity index (χ1n) is 5.88. The molecule has 19 heavy (non-hydrogen) atoms. The molecule has 5 nitrogen and oxygen atoms in total. The molecule has 100 valence electrons. The first-order valence-corrected chi connectivity index (χ1v) is 5.88. The zero-order valence-electron chi connectivity index (χ0n) is 10.5. The molecule has 0 amide bonds. The van der Waals surface area contributed by atoms with Gasteiger partial charge in [0.25, 0.3) is 0 Å². The molecule has 1 heterocycles. The Hall–Kier alpha value is -2.30. The van der Waals surface area contributed by atoms with Gasteiger partial charge in [0.1, 0.15) is 5.75 Å². The molecule has 0 spiro atoms. The average molecular weight is 262 g/mol. The lowest BCUT2D eigenvalue weighted by atomic mass is 10.00. The van der Waals surface area contributed by atoms with Crippen molar-refractivity contribution in [3.05, 3.63) is 35.4 Å². The molecule has 0 aromatic heterocycles. The summed E-state index contributed by atoms with van der Waals surface area (Å²) in [4.78, 5) is 21.8. The fraction of sp³-hybridized carbons (Fsp3) is 0.286. The Labute approximate surface area is 110 Å². The van der Waals surface area contributed by atoms with Gasteiger partial charge < -0.3 is 14.6 Å². The van der Waals surface area contributed by atoms with Crippen molar-refractivity contribution in [3.8, 4) is 5.75 Å². The van der Waals surface area contributed by atoms with Gasteiger partial charge in [-0.3, -0.25) is 0 Å². The molecule has 1 atom stereocenters. The first-order chi connectivity index (χ1) is 9.10. The maximum atomic E-state index is 11.0. The minimum atomic E-state index is -0.944. The third kappa shape index (κ3) is 3.13.